The van der Waals surface area contributed by atoms with Gasteiger partial charge in [-0.15, -0.1) is 24.0 Å². The summed E-state index contributed by atoms with van der Waals surface area (Å²) in [6.07, 6.45) is 20.9. The Hall–Kier alpha value is 0.550. The maximum atomic E-state index is 6.38. The van der Waals surface area contributed by atoms with Crippen molar-refractivity contribution in [2.75, 3.05) is 5.75 Å². The minimum absolute atomic E-state index is 0. The van der Waals surface area contributed by atoms with Crippen LogP contribution in [0.2, 0.25) is 0 Å². The first-order chi connectivity index (χ1) is 11.8. The quantitative estimate of drug-likeness (QED) is 0.281. The van der Waals surface area contributed by atoms with E-state index in [4.69, 9.17) is 9.73 Å². The number of unbranched alkanes of at least 4 members (excludes halogenated alkanes) is 5. The van der Waals surface area contributed by atoms with Gasteiger partial charge < -0.3 is 4.74 Å². The molecule has 146 valence electrons. The lowest BCUT2D eigenvalue weighted by Gasteiger charge is -2.49. The van der Waals surface area contributed by atoms with Gasteiger partial charge in [-0.05, 0) is 38.5 Å². The SMILES string of the molecule is CCCCCCCCSC1=NC2(CCCCC2)C2CCCCC2O1.I. The van der Waals surface area contributed by atoms with Gasteiger partial charge in [0.15, 0.2) is 0 Å². The third-order valence-corrected chi connectivity index (χ3v) is 7.33. The van der Waals surface area contributed by atoms with Gasteiger partial charge >= 0.3 is 0 Å². The minimum Gasteiger partial charge on any atom is -0.469 e. The molecule has 1 aliphatic heterocycles. The van der Waals surface area contributed by atoms with Gasteiger partial charge in [0, 0.05) is 11.7 Å². The zero-order valence-corrected chi connectivity index (χ0v) is 19.3. The number of halogens is 1. The fourth-order valence-electron chi connectivity index (χ4n) is 5.03. The highest BCUT2D eigenvalue weighted by molar-refractivity contribution is 14.0. The molecule has 3 rings (SSSR count). The van der Waals surface area contributed by atoms with Crippen LogP contribution in [0.1, 0.15) is 103 Å². The van der Waals surface area contributed by atoms with E-state index in [1.807, 2.05) is 11.8 Å². The van der Waals surface area contributed by atoms with Gasteiger partial charge in [0.05, 0.1) is 5.54 Å². The van der Waals surface area contributed by atoms with E-state index < -0.39 is 0 Å². The van der Waals surface area contributed by atoms with Crippen LogP contribution in [0.25, 0.3) is 0 Å². The molecule has 0 aromatic carbocycles. The van der Waals surface area contributed by atoms with Crippen LogP contribution in [0, 0.1) is 5.92 Å². The van der Waals surface area contributed by atoms with Crippen molar-refractivity contribution in [3.63, 3.8) is 0 Å². The first-order valence-electron chi connectivity index (χ1n) is 10.7. The molecule has 2 fully saturated rings. The smallest absolute Gasteiger partial charge is 0.246 e. The monoisotopic (exact) mass is 479 g/mol. The van der Waals surface area contributed by atoms with E-state index in [2.05, 4.69) is 6.92 Å². The number of rotatable bonds is 7. The molecule has 0 amide bonds. The highest BCUT2D eigenvalue weighted by Crippen LogP contribution is 2.48. The van der Waals surface area contributed by atoms with Gasteiger partial charge in [0.25, 0.3) is 0 Å². The summed E-state index contributed by atoms with van der Waals surface area (Å²) >= 11 is 1.91. The standard InChI is InChI=1S/C21H37NOS.HI/c1-2-3-4-5-6-12-17-24-20-22-21(15-10-7-11-16-21)18-13-8-9-14-19(18)23-20;/h18-19H,2-17H2,1H3;1H. The third kappa shape index (κ3) is 6.02. The van der Waals surface area contributed by atoms with Gasteiger partial charge in [-0.3, -0.25) is 0 Å². The fourth-order valence-corrected chi connectivity index (χ4v) is 5.99. The molecular formula is C21H38INOS. The highest BCUT2D eigenvalue weighted by Gasteiger charge is 2.48. The molecule has 0 N–H and O–H groups in total. The lowest BCUT2D eigenvalue weighted by atomic mass is 9.66. The number of nitrogens with zero attached hydrogens (tertiary/aromatic N) is 1. The summed E-state index contributed by atoms with van der Waals surface area (Å²) in [5.41, 5.74) is 0.255. The molecule has 1 heterocycles. The van der Waals surface area contributed by atoms with Crippen molar-refractivity contribution in [1.82, 2.24) is 0 Å². The predicted molar refractivity (Wildman–Crippen MR) is 121 cm³/mol. The van der Waals surface area contributed by atoms with Crippen molar-refractivity contribution < 1.29 is 4.74 Å². The Morgan fingerprint density at radius 2 is 1.68 bits per heavy atom. The first-order valence-corrected chi connectivity index (χ1v) is 11.7. The third-order valence-electron chi connectivity index (χ3n) is 6.40. The van der Waals surface area contributed by atoms with E-state index in [1.165, 1.54) is 102 Å². The van der Waals surface area contributed by atoms with E-state index in [-0.39, 0.29) is 29.5 Å². The summed E-state index contributed by atoms with van der Waals surface area (Å²) in [6, 6.07) is 0. The topological polar surface area (TPSA) is 21.6 Å². The van der Waals surface area contributed by atoms with Crippen LogP contribution in [0.5, 0.6) is 0 Å². The van der Waals surface area contributed by atoms with Crippen molar-refractivity contribution in [3.05, 3.63) is 0 Å². The van der Waals surface area contributed by atoms with Gasteiger partial charge in [-0.25, -0.2) is 4.99 Å². The maximum Gasteiger partial charge on any atom is 0.246 e. The maximum absolute atomic E-state index is 6.38. The molecule has 2 saturated carbocycles. The minimum atomic E-state index is 0. The fraction of sp³-hybridized carbons (Fsp3) is 0.952. The van der Waals surface area contributed by atoms with E-state index in [0.717, 1.165) is 5.23 Å². The Morgan fingerprint density at radius 3 is 2.48 bits per heavy atom. The summed E-state index contributed by atoms with van der Waals surface area (Å²) < 4.78 is 6.38. The van der Waals surface area contributed by atoms with Crippen LogP contribution >= 0.6 is 35.7 Å². The largest absolute Gasteiger partial charge is 0.469 e. The Labute approximate surface area is 176 Å². The summed E-state index contributed by atoms with van der Waals surface area (Å²) in [5.74, 6) is 1.91. The lowest BCUT2D eigenvalue weighted by Crippen LogP contribution is -2.51. The van der Waals surface area contributed by atoms with Crippen LogP contribution < -0.4 is 0 Å². The summed E-state index contributed by atoms with van der Waals surface area (Å²) in [5, 5.41) is 1.05. The Balaban J connectivity index is 0.00000225. The Bertz CT molecular complexity index is 409. The number of ether oxygens (including phenoxy) is 1. The van der Waals surface area contributed by atoms with Crippen molar-refractivity contribution in [2.45, 2.75) is 115 Å². The van der Waals surface area contributed by atoms with Crippen molar-refractivity contribution in [3.8, 4) is 0 Å². The number of aliphatic imine (C=N–C) groups is 1. The number of thioether (sulfide) groups is 1. The summed E-state index contributed by atoms with van der Waals surface area (Å²) in [7, 11) is 0. The van der Waals surface area contributed by atoms with E-state index >= 15 is 0 Å². The zero-order valence-electron chi connectivity index (χ0n) is 16.1. The molecule has 3 aliphatic rings. The molecule has 0 bridgehead atoms. The number of hydrogen-bond donors (Lipinski definition) is 0. The Kier molecular flexibility index (Phi) is 9.97. The van der Waals surface area contributed by atoms with Crippen LogP contribution in [0.4, 0.5) is 0 Å². The lowest BCUT2D eigenvalue weighted by molar-refractivity contribution is 0.00299. The average Bonchev–Trinajstić information content (AvgIpc) is 2.62. The summed E-state index contributed by atoms with van der Waals surface area (Å²) in [6.45, 7) is 2.29. The van der Waals surface area contributed by atoms with Crippen molar-refractivity contribution >= 4 is 41.0 Å². The van der Waals surface area contributed by atoms with E-state index in [9.17, 15) is 0 Å². The molecular weight excluding hydrogens is 441 g/mol. The molecule has 2 atom stereocenters. The molecule has 25 heavy (non-hydrogen) atoms. The predicted octanol–water partition coefficient (Wildman–Crippen LogP) is 7.35. The highest BCUT2D eigenvalue weighted by atomic mass is 127. The normalized spacial score (nSPS) is 27.8. The molecule has 0 aromatic heterocycles. The second kappa shape index (κ2) is 11.4. The summed E-state index contributed by atoms with van der Waals surface area (Å²) in [4.78, 5) is 5.26. The molecule has 4 heteroatoms. The van der Waals surface area contributed by atoms with Crippen molar-refractivity contribution in [1.29, 1.82) is 0 Å². The number of hydrogen-bond acceptors (Lipinski definition) is 3. The number of fused-ring (bicyclic) bond motifs is 2. The molecule has 1 spiro atoms. The van der Waals surface area contributed by atoms with Gasteiger partial charge in [-0.2, -0.15) is 0 Å². The van der Waals surface area contributed by atoms with Gasteiger partial charge in [0.1, 0.15) is 6.10 Å². The van der Waals surface area contributed by atoms with Crippen molar-refractivity contribution in [2.24, 2.45) is 10.9 Å². The first kappa shape index (κ1) is 21.8. The van der Waals surface area contributed by atoms with E-state index in [0.29, 0.717) is 12.0 Å². The molecule has 0 aromatic rings. The molecule has 2 unspecified atom stereocenters. The second-order valence-electron chi connectivity index (χ2n) is 8.21. The second-order valence-corrected chi connectivity index (χ2v) is 9.25. The van der Waals surface area contributed by atoms with Crippen LogP contribution in [-0.2, 0) is 4.74 Å². The molecule has 2 aliphatic carbocycles. The van der Waals surface area contributed by atoms with Crippen LogP contribution in [0.15, 0.2) is 4.99 Å². The average molecular weight is 480 g/mol. The van der Waals surface area contributed by atoms with E-state index in [1.54, 1.807) is 0 Å². The molecule has 2 nitrogen and oxygen atoms in total. The van der Waals surface area contributed by atoms with Gasteiger partial charge in [0.2, 0.25) is 5.23 Å². The van der Waals surface area contributed by atoms with Gasteiger partial charge in [-0.1, -0.05) is 76.5 Å². The zero-order chi connectivity index (χ0) is 16.7. The van der Waals surface area contributed by atoms with Crippen LogP contribution in [-0.4, -0.2) is 22.6 Å². The van der Waals surface area contributed by atoms with Crippen LogP contribution in [0.3, 0.4) is 0 Å². The molecule has 0 saturated heterocycles. The Morgan fingerprint density at radius 1 is 0.960 bits per heavy atom. The molecule has 0 radical (unpaired) electrons.